The summed E-state index contributed by atoms with van der Waals surface area (Å²) in [5.41, 5.74) is 1.74. The molecule has 1 unspecified atom stereocenters. The summed E-state index contributed by atoms with van der Waals surface area (Å²) in [6, 6.07) is 14.1. The Morgan fingerprint density at radius 2 is 1.58 bits per heavy atom. The van der Waals surface area contributed by atoms with Crippen LogP contribution in [0.25, 0.3) is 0 Å². The molecule has 8 nitrogen and oxygen atoms in total. The van der Waals surface area contributed by atoms with Crippen LogP contribution in [-0.2, 0) is 14.8 Å². The molecule has 2 heterocycles. The minimum absolute atomic E-state index is 0.0537. The number of hydrogen-bond donors (Lipinski definition) is 0. The third-order valence-corrected chi connectivity index (χ3v) is 8.31. The van der Waals surface area contributed by atoms with Crippen LogP contribution in [0.5, 0.6) is 5.75 Å². The quantitative estimate of drug-likeness (QED) is 0.638. The Kier molecular flexibility index (Phi) is 7.04. The molecule has 0 radical (unpaired) electrons. The number of sulfonamides is 1. The largest absolute Gasteiger partial charge is 0.497 e. The number of ether oxygens (including phenoxy) is 1. The van der Waals surface area contributed by atoms with Crippen LogP contribution >= 0.6 is 0 Å². The summed E-state index contributed by atoms with van der Waals surface area (Å²) in [6.45, 7) is 6.31. The number of carbonyl (C=O) groups excluding carboxylic acids is 1. The topological polar surface area (TPSA) is 73.4 Å². The molecule has 1 atom stereocenters. The minimum atomic E-state index is -3.79. The fraction of sp³-hybridized carbons (Fsp3) is 0.458. The number of benzene rings is 2. The first-order valence-electron chi connectivity index (χ1n) is 11.2. The smallest absolute Gasteiger partial charge is 0.245 e. The summed E-state index contributed by atoms with van der Waals surface area (Å²) in [4.78, 5) is 19.7. The number of piperazine rings is 1. The average molecular weight is 473 g/mol. The van der Waals surface area contributed by atoms with Crippen LogP contribution in [0.15, 0.2) is 53.4 Å². The molecule has 0 N–H and O–H groups in total. The molecule has 0 bridgehead atoms. The van der Waals surface area contributed by atoms with E-state index in [-0.39, 0.29) is 17.3 Å². The number of nitrogens with zero attached hydrogens (tertiary/aromatic N) is 4. The number of aryl methyl sites for hydroxylation is 1. The second-order valence-corrected chi connectivity index (χ2v) is 10.6. The fourth-order valence-corrected chi connectivity index (χ4v) is 5.95. The molecule has 33 heavy (non-hydrogen) atoms. The van der Waals surface area contributed by atoms with Crippen molar-refractivity contribution in [2.75, 3.05) is 60.0 Å². The first-order chi connectivity index (χ1) is 15.8. The molecule has 0 aliphatic carbocycles. The minimum Gasteiger partial charge on any atom is -0.497 e. The molecule has 2 aliphatic heterocycles. The van der Waals surface area contributed by atoms with Gasteiger partial charge in [-0.3, -0.25) is 9.69 Å². The Labute approximate surface area is 196 Å². The monoisotopic (exact) mass is 472 g/mol. The number of hydrogen-bond acceptors (Lipinski definition) is 6. The first kappa shape index (κ1) is 23.7. The lowest BCUT2D eigenvalue weighted by Crippen LogP contribution is -2.49. The second kappa shape index (κ2) is 9.80. The van der Waals surface area contributed by atoms with Gasteiger partial charge in [-0.15, -0.1) is 0 Å². The van der Waals surface area contributed by atoms with Gasteiger partial charge >= 0.3 is 0 Å². The Hall–Kier alpha value is -2.46. The second-order valence-electron chi connectivity index (χ2n) is 8.74. The van der Waals surface area contributed by atoms with Gasteiger partial charge < -0.3 is 14.5 Å². The van der Waals surface area contributed by atoms with Crippen LogP contribution in [0.1, 0.15) is 17.3 Å². The fourth-order valence-electron chi connectivity index (χ4n) is 4.38. The van der Waals surface area contributed by atoms with Crippen LogP contribution in [0.3, 0.4) is 0 Å². The SMILES string of the molecule is COc1ccc(C2N(C(=O)CN3CCN(C)CC3)CCN2S(=O)(=O)c2ccc(C)cc2)cc1. The van der Waals surface area contributed by atoms with Gasteiger partial charge in [-0.2, -0.15) is 4.31 Å². The molecule has 9 heteroatoms. The Bertz CT molecular complexity index is 1060. The van der Waals surface area contributed by atoms with Crippen molar-refractivity contribution in [1.82, 2.24) is 19.0 Å². The van der Waals surface area contributed by atoms with Gasteiger partial charge in [0.1, 0.15) is 11.9 Å². The van der Waals surface area contributed by atoms with Crippen molar-refractivity contribution >= 4 is 15.9 Å². The highest BCUT2D eigenvalue weighted by Gasteiger charge is 2.43. The van der Waals surface area contributed by atoms with Gasteiger partial charge in [0.25, 0.3) is 0 Å². The van der Waals surface area contributed by atoms with Crippen molar-refractivity contribution in [3.63, 3.8) is 0 Å². The molecule has 2 aliphatic rings. The Balaban J connectivity index is 1.63. The highest BCUT2D eigenvalue weighted by molar-refractivity contribution is 7.89. The number of likely N-dealkylation sites (N-methyl/N-ethyl adjacent to an activating group) is 1. The highest BCUT2D eigenvalue weighted by Crippen LogP contribution is 2.36. The number of methoxy groups -OCH3 is 1. The summed E-state index contributed by atoms with van der Waals surface area (Å²) < 4.78 is 33.9. The molecule has 4 rings (SSSR count). The first-order valence-corrected chi connectivity index (χ1v) is 12.7. The Morgan fingerprint density at radius 3 is 2.18 bits per heavy atom. The maximum absolute atomic E-state index is 13.6. The Morgan fingerprint density at radius 1 is 0.939 bits per heavy atom. The molecular formula is C24H32N4O4S. The lowest BCUT2D eigenvalue weighted by molar-refractivity contribution is -0.134. The molecule has 0 saturated carbocycles. The maximum atomic E-state index is 13.6. The predicted octanol–water partition coefficient (Wildman–Crippen LogP) is 1.78. The predicted molar refractivity (Wildman–Crippen MR) is 126 cm³/mol. The summed E-state index contributed by atoms with van der Waals surface area (Å²) in [6.07, 6.45) is -0.692. The van der Waals surface area contributed by atoms with Crippen LogP contribution in [-0.4, -0.2) is 93.3 Å². The summed E-state index contributed by atoms with van der Waals surface area (Å²) >= 11 is 0. The van der Waals surface area contributed by atoms with E-state index < -0.39 is 16.2 Å². The summed E-state index contributed by atoms with van der Waals surface area (Å²) in [5, 5.41) is 0. The number of carbonyl (C=O) groups is 1. The highest BCUT2D eigenvalue weighted by atomic mass is 32.2. The van der Waals surface area contributed by atoms with Crippen molar-refractivity contribution in [1.29, 1.82) is 0 Å². The number of rotatable bonds is 6. The van der Waals surface area contributed by atoms with Gasteiger partial charge in [0.2, 0.25) is 15.9 Å². The van der Waals surface area contributed by atoms with Gasteiger partial charge in [-0.05, 0) is 43.8 Å². The normalized spacial score (nSPS) is 20.8. The summed E-state index contributed by atoms with van der Waals surface area (Å²) in [5.74, 6) is 0.627. The van der Waals surface area contributed by atoms with E-state index in [1.807, 2.05) is 19.1 Å². The van der Waals surface area contributed by atoms with E-state index in [1.54, 1.807) is 48.4 Å². The van der Waals surface area contributed by atoms with E-state index in [2.05, 4.69) is 16.8 Å². The van der Waals surface area contributed by atoms with E-state index in [1.165, 1.54) is 4.31 Å². The standard InChI is InChI=1S/C24H32N4O4S/c1-19-4-10-22(11-5-19)33(30,31)28-17-16-27(23(29)18-26-14-12-25(2)13-15-26)24(28)20-6-8-21(32-3)9-7-20/h4-11,24H,12-18H2,1-3H3. The van der Waals surface area contributed by atoms with E-state index in [0.717, 1.165) is 37.3 Å². The summed E-state index contributed by atoms with van der Waals surface area (Å²) in [7, 11) is -0.123. The zero-order valence-electron chi connectivity index (χ0n) is 19.5. The molecular weight excluding hydrogens is 440 g/mol. The van der Waals surface area contributed by atoms with Gasteiger partial charge in [-0.1, -0.05) is 29.8 Å². The van der Waals surface area contributed by atoms with Gasteiger partial charge in [0.05, 0.1) is 18.6 Å². The van der Waals surface area contributed by atoms with Crippen LogP contribution < -0.4 is 4.74 Å². The third kappa shape index (κ3) is 5.06. The lowest BCUT2D eigenvalue weighted by Gasteiger charge is -2.35. The molecule has 0 spiro atoms. The molecule has 2 fully saturated rings. The van der Waals surface area contributed by atoms with Crippen LogP contribution in [0.4, 0.5) is 0 Å². The van der Waals surface area contributed by atoms with E-state index in [0.29, 0.717) is 18.8 Å². The van der Waals surface area contributed by atoms with Gasteiger partial charge in [0.15, 0.2) is 0 Å². The van der Waals surface area contributed by atoms with Crippen LogP contribution in [0, 0.1) is 6.92 Å². The van der Waals surface area contributed by atoms with Crippen molar-refractivity contribution in [2.45, 2.75) is 18.0 Å². The van der Waals surface area contributed by atoms with Gasteiger partial charge in [-0.25, -0.2) is 8.42 Å². The molecule has 2 aromatic carbocycles. The molecule has 2 saturated heterocycles. The van der Waals surface area contributed by atoms with Crippen LogP contribution in [0.2, 0.25) is 0 Å². The average Bonchev–Trinajstić information content (AvgIpc) is 3.27. The molecule has 178 valence electrons. The zero-order chi connectivity index (χ0) is 23.6. The van der Waals surface area contributed by atoms with E-state index in [4.69, 9.17) is 4.74 Å². The molecule has 1 amide bonds. The molecule has 2 aromatic rings. The van der Waals surface area contributed by atoms with Gasteiger partial charge in [0, 0.05) is 39.3 Å². The molecule has 0 aromatic heterocycles. The maximum Gasteiger partial charge on any atom is 0.245 e. The van der Waals surface area contributed by atoms with Crippen molar-refractivity contribution in [2.24, 2.45) is 0 Å². The third-order valence-electron chi connectivity index (χ3n) is 6.45. The number of amides is 1. The van der Waals surface area contributed by atoms with Crippen molar-refractivity contribution in [3.8, 4) is 5.75 Å². The van der Waals surface area contributed by atoms with Crippen molar-refractivity contribution < 1.29 is 17.9 Å². The lowest BCUT2D eigenvalue weighted by atomic mass is 10.1. The van der Waals surface area contributed by atoms with Crippen molar-refractivity contribution in [3.05, 3.63) is 59.7 Å². The zero-order valence-corrected chi connectivity index (χ0v) is 20.3. The van der Waals surface area contributed by atoms with E-state index in [9.17, 15) is 13.2 Å². The van der Waals surface area contributed by atoms with E-state index >= 15 is 0 Å².